The Morgan fingerprint density at radius 1 is 1.30 bits per heavy atom. The zero-order valence-electron chi connectivity index (χ0n) is 11.8. The molecule has 0 bridgehead atoms. The number of hydrogen-bond donors (Lipinski definition) is 1. The predicted molar refractivity (Wildman–Crippen MR) is 73.9 cm³/mol. The van der Waals surface area contributed by atoms with Crippen LogP contribution in [0.3, 0.4) is 0 Å². The molecule has 11 heteroatoms. The first kappa shape index (κ1) is 16.5. The highest BCUT2D eigenvalue weighted by Crippen LogP contribution is 2.18. The smallest absolute Gasteiger partial charge is 0.344 e. The highest BCUT2D eigenvalue weighted by molar-refractivity contribution is 6.30. The van der Waals surface area contributed by atoms with Crippen LogP contribution >= 0.6 is 11.6 Å². The molecule has 0 aromatic carbocycles. The topological polar surface area (TPSA) is 126 Å². The molecule has 1 N–H and O–H groups in total. The molecule has 23 heavy (non-hydrogen) atoms. The lowest BCUT2D eigenvalue weighted by atomic mass is 10.3. The zero-order valence-corrected chi connectivity index (χ0v) is 12.6. The van der Waals surface area contributed by atoms with Crippen molar-refractivity contribution in [1.82, 2.24) is 19.9 Å². The number of rotatable bonds is 6. The summed E-state index contributed by atoms with van der Waals surface area (Å²) in [5.41, 5.74) is 0.299. The van der Waals surface area contributed by atoms with Gasteiger partial charge in [0.15, 0.2) is 13.2 Å². The van der Waals surface area contributed by atoms with Crippen molar-refractivity contribution in [3.8, 4) is 17.5 Å². The SMILES string of the molecule is COC(=O)COC(=O)COc1nc(-c2ccc(Cl)cn2)n(O)n1. The van der Waals surface area contributed by atoms with Gasteiger partial charge in [-0.1, -0.05) is 21.5 Å². The minimum Gasteiger partial charge on any atom is -0.466 e. The molecule has 0 fully saturated rings. The lowest BCUT2D eigenvalue weighted by Gasteiger charge is -2.02. The first-order valence-corrected chi connectivity index (χ1v) is 6.51. The predicted octanol–water partition coefficient (Wildman–Crippen LogP) is 0.326. The number of pyridine rings is 1. The molecule has 2 heterocycles. The first-order valence-electron chi connectivity index (χ1n) is 6.13. The van der Waals surface area contributed by atoms with E-state index in [0.717, 1.165) is 7.11 Å². The number of aromatic nitrogens is 4. The molecule has 0 aliphatic rings. The van der Waals surface area contributed by atoms with Crippen molar-refractivity contribution in [3.05, 3.63) is 23.4 Å². The van der Waals surface area contributed by atoms with E-state index in [4.69, 9.17) is 16.3 Å². The molecule has 0 saturated carbocycles. The number of hydrogen-bond acceptors (Lipinski definition) is 9. The van der Waals surface area contributed by atoms with E-state index in [1.165, 1.54) is 12.3 Å². The summed E-state index contributed by atoms with van der Waals surface area (Å²) in [6, 6.07) is 2.81. The number of methoxy groups -OCH3 is 1. The molecule has 0 unspecified atom stereocenters. The number of carbonyl (C=O) groups excluding carboxylic acids is 2. The number of carbonyl (C=O) groups is 2. The van der Waals surface area contributed by atoms with Gasteiger partial charge in [-0.15, -0.1) is 0 Å². The van der Waals surface area contributed by atoms with Crippen molar-refractivity contribution in [2.45, 2.75) is 0 Å². The van der Waals surface area contributed by atoms with Crippen molar-refractivity contribution in [2.75, 3.05) is 20.3 Å². The number of nitrogens with zero attached hydrogens (tertiary/aromatic N) is 4. The molecule has 0 radical (unpaired) electrons. The monoisotopic (exact) mass is 342 g/mol. The molecule has 0 aliphatic heterocycles. The van der Waals surface area contributed by atoms with Crippen LogP contribution in [0, 0.1) is 0 Å². The van der Waals surface area contributed by atoms with E-state index < -0.39 is 25.2 Å². The second-order valence-corrected chi connectivity index (χ2v) is 4.43. The van der Waals surface area contributed by atoms with Gasteiger partial charge in [-0.25, -0.2) is 9.59 Å². The van der Waals surface area contributed by atoms with Crippen LogP contribution in [0.4, 0.5) is 0 Å². The Hall–Kier alpha value is -2.88. The fourth-order valence-electron chi connectivity index (χ4n) is 1.38. The number of halogens is 1. The van der Waals surface area contributed by atoms with E-state index in [-0.39, 0.29) is 11.8 Å². The molecule has 0 aliphatic carbocycles. The number of esters is 2. The quantitative estimate of drug-likeness (QED) is 0.583. The maximum Gasteiger partial charge on any atom is 0.344 e. The van der Waals surface area contributed by atoms with Crippen LogP contribution in [0.25, 0.3) is 11.5 Å². The molecular weight excluding hydrogens is 332 g/mol. The fourth-order valence-corrected chi connectivity index (χ4v) is 1.49. The van der Waals surface area contributed by atoms with Crippen molar-refractivity contribution < 1.29 is 29.0 Å². The van der Waals surface area contributed by atoms with Crippen molar-refractivity contribution >= 4 is 23.5 Å². The van der Waals surface area contributed by atoms with Crippen LogP contribution in [0.15, 0.2) is 18.3 Å². The Morgan fingerprint density at radius 2 is 2.09 bits per heavy atom. The van der Waals surface area contributed by atoms with Gasteiger partial charge < -0.3 is 19.4 Å². The van der Waals surface area contributed by atoms with E-state index >= 15 is 0 Å². The molecular formula is C12H11ClN4O6. The Bertz CT molecular complexity index is 702. The Balaban J connectivity index is 1.94. The molecule has 122 valence electrons. The summed E-state index contributed by atoms with van der Waals surface area (Å²) < 4.78 is 13.8. The minimum absolute atomic E-state index is 0.000375. The molecule has 0 amide bonds. The first-order chi connectivity index (χ1) is 11.0. The summed E-state index contributed by atoms with van der Waals surface area (Å²) in [4.78, 5) is 30.4. The van der Waals surface area contributed by atoms with Gasteiger partial charge in [0.25, 0.3) is 0 Å². The van der Waals surface area contributed by atoms with Gasteiger partial charge in [0.05, 0.1) is 12.1 Å². The normalized spacial score (nSPS) is 10.2. The van der Waals surface area contributed by atoms with Crippen molar-refractivity contribution in [2.24, 2.45) is 0 Å². The third-order valence-electron chi connectivity index (χ3n) is 2.43. The van der Waals surface area contributed by atoms with Gasteiger partial charge in [0, 0.05) is 6.20 Å². The third kappa shape index (κ3) is 4.54. The van der Waals surface area contributed by atoms with E-state index in [9.17, 15) is 14.8 Å². The third-order valence-corrected chi connectivity index (χ3v) is 2.65. The molecule has 2 aromatic rings. The van der Waals surface area contributed by atoms with E-state index in [2.05, 4.69) is 24.5 Å². The summed E-state index contributed by atoms with van der Waals surface area (Å²) in [5.74, 6) is -1.53. The van der Waals surface area contributed by atoms with Crippen molar-refractivity contribution in [3.63, 3.8) is 0 Å². The van der Waals surface area contributed by atoms with Crippen LogP contribution < -0.4 is 4.74 Å². The second kappa shape index (κ2) is 7.40. The van der Waals surface area contributed by atoms with Crippen LogP contribution in [-0.4, -0.2) is 57.4 Å². The van der Waals surface area contributed by atoms with E-state index in [1.807, 2.05) is 0 Å². The summed E-state index contributed by atoms with van der Waals surface area (Å²) in [6.07, 6.45) is 1.37. The van der Waals surface area contributed by atoms with Crippen LogP contribution in [0.2, 0.25) is 5.02 Å². The second-order valence-electron chi connectivity index (χ2n) is 3.99. The highest BCUT2D eigenvalue weighted by Gasteiger charge is 2.15. The van der Waals surface area contributed by atoms with E-state index in [0.29, 0.717) is 15.6 Å². The van der Waals surface area contributed by atoms with Gasteiger partial charge >= 0.3 is 17.9 Å². The summed E-state index contributed by atoms with van der Waals surface area (Å²) >= 11 is 5.71. The average molecular weight is 343 g/mol. The van der Waals surface area contributed by atoms with Crippen LogP contribution in [0.1, 0.15) is 0 Å². The Morgan fingerprint density at radius 3 is 2.74 bits per heavy atom. The molecule has 0 spiro atoms. The maximum absolute atomic E-state index is 11.3. The number of ether oxygens (including phenoxy) is 3. The highest BCUT2D eigenvalue weighted by atomic mass is 35.5. The van der Waals surface area contributed by atoms with Gasteiger partial charge in [-0.2, -0.15) is 4.98 Å². The van der Waals surface area contributed by atoms with Crippen LogP contribution in [0.5, 0.6) is 6.01 Å². The molecule has 10 nitrogen and oxygen atoms in total. The van der Waals surface area contributed by atoms with Crippen LogP contribution in [-0.2, 0) is 19.1 Å². The molecule has 0 saturated heterocycles. The molecule has 2 rings (SSSR count). The lowest BCUT2D eigenvalue weighted by Crippen LogP contribution is -2.20. The summed E-state index contributed by atoms with van der Waals surface area (Å²) in [6.45, 7) is -1.07. The zero-order chi connectivity index (χ0) is 16.8. The van der Waals surface area contributed by atoms with Crippen molar-refractivity contribution in [1.29, 1.82) is 0 Å². The average Bonchev–Trinajstić information content (AvgIpc) is 2.92. The van der Waals surface area contributed by atoms with E-state index in [1.54, 1.807) is 6.07 Å². The molecule has 2 aromatic heterocycles. The minimum atomic E-state index is -0.823. The summed E-state index contributed by atoms with van der Waals surface area (Å²) in [7, 11) is 1.16. The van der Waals surface area contributed by atoms with Gasteiger partial charge in [-0.05, 0) is 12.1 Å². The summed E-state index contributed by atoms with van der Waals surface area (Å²) in [5, 5.41) is 13.6. The van der Waals surface area contributed by atoms with Gasteiger partial charge in [-0.3, -0.25) is 4.98 Å². The lowest BCUT2D eigenvalue weighted by molar-refractivity contribution is -0.158. The van der Waals surface area contributed by atoms with Gasteiger partial charge in [0.2, 0.25) is 5.82 Å². The van der Waals surface area contributed by atoms with Gasteiger partial charge in [0.1, 0.15) is 5.69 Å². The Kier molecular flexibility index (Phi) is 5.31. The fraction of sp³-hybridized carbons (Fsp3) is 0.250. The maximum atomic E-state index is 11.3. The largest absolute Gasteiger partial charge is 0.466 e. The molecule has 0 atom stereocenters. The standard InChI is InChI=1S/C12H11ClN4O6/c1-21-9(18)5-22-10(19)6-23-12-15-11(17(20)16-12)8-3-2-7(13)4-14-8/h2-4,20H,5-6H2,1H3. The Labute approximate surface area is 134 Å².